The van der Waals surface area contributed by atoms with Gasteiger partial charge < -0.3 is 15.2 Å². The van der Waals surface area contributed by atoms with Gasteiger partial charge in [-0.15, -0.1) is 12.4 Å². The lowest BCUT2D eigenvalue weighted by atomic mass is 9.90. The van der Waals surface area contributed by atoms with E-state index in [-0.39, 0.29) is 17.8 Å². The lowest BCUT2D eigenvalue weighted by Crippen LogP contribution is -2.33. The van der Waals surface area contributed by atoms with Gasteiger partial charge in [0.15, 0.2) is 11.5 Å². The van der Waals surface area contributed by atoms with Crippen molar-refractivity contribution in [3.63, 3.8) is 0 Å². The van der Waals surface area contributed by atoms with Crippen LogP contribution < -0.4 is 15.2 Å². The van der Waals surface area contributed by atoms with E-state index >= 15 is 0 Å². The molecule has 5 heteroatoms. The van der Waals surface area contributed by atoms with E-state index in [0.29, 0.717) is 6.61 Å². The summed E-state index contributed by atoms with van der Waals surface area (Å²) in [6.07, 6.45) is 1.18. The molecule has 1 aliphatic heterocycles. The average molecular weight is 301 g/mol. The molecule has 0 aliphatic carbocycles. The highest BCUT2D eigenvalue weighted by Gasteiger charge is 2.31. The number of hydrogen-bond acceptors (Lipinski definition) is 4. The van der Waals surface area contributed by atoms with Crippen LogP contribution in [0.1, 0.15) is 13.3 Å². The second-order valence-corrected chi connectivity index (χ2v) is 5.54. The van der Waals surface area contributed by atoms with Crippen LogP contribution in [0.2, 0.25) is 0 Å². The molecule has 4 nitrogen and oxygen atoms in total. The first-order valence-corrected chi connectivity index (χ1v) is 6.85. The zero-order chi connectivity index (χ0) is 13.7. The van der Waals surface area contributed by atoms with Crippen LogP contribution in [-0.4, -0.2) is 44.8 Å². The highest BCUT2D eigenvalue weighted by atomic mass is 35.5. The molecule has 2 N–H and O–H groups in total. The number of ether oxygens (including phenoxy) is 2. The molecule has 1 atom stereocenters. The number of para-hydroxylation sites is 2. The van der Waals surface area contributed by atoms with Gasteiger partial charge in [0.25, 0.3) is 0 Å². The monoisotopic (exact) mass is 300 g/mol. The Morgan fingerprint density at radius 2 is 2.00 bits per heavy atom. The Labute approximate surface area is 127 Å². The third-order valence-electron chi connectivity index (χ3n) is 3.86. The third-order valence-corrected chi connectivity index (χ3v) is 3.86. The van der Waals surface area contributed by atoms with E-state index < -0.39 is 0 Å². The van der Waals surface area contributed by atoms with E-state index in [9.17, 15) is 0 Å². The van der Waals surface area contributed by atoms with E-state index in [4.69, 9.17) is 15.2 Å². The molecule has 114 valence electrons. The molecule has 0 amide bonds. The predicted octanol–water partition coefficient (Wildman–Crippen LogP) is 2.17. The first kappa shape index (κ1) is 17.1. The Bertz CT molecular complexity index is 417. The SMILES string of the molecule is COc1ccccc1OCCN1CCC(C)(CN)C1.Cl. The molecule has 1 aromatic carbocycles. The van der Waals surface area contributed by atoms with Gasteiger partial charge in [-0.3, -0.25) is 4.90 Å². The number of rotatable bonds is 6. The fraction of sp³-hybridized carbons (Fsp3) is 0.600. The Morgan fingerprint density at radius 1 is 1.30 bits per heavy atom. The van der Waals surface area contributed by atoms with Crippen LogP contribution in [-0.2, 0) is 0 Å². The maximum Gasteiger partial charge on any atom is 0.161 e. The third kappa shape index (κ3) is 4.27. The minimum Gasteiger partial charge on any atom is -0.493 e. The van der Waals surface area contributed by atoms with E-state index in [1.165, 1.54) is 6.42 Å². The molecule has 0 radical (unpaired) electrons. The van der Waals surface area contributed by atoms with Gasteiger partial charge in [-0.1, -0.05) is 19.1 Å². The number of hydrogen-bond donors (Lipinski definition) is 1. The van der Waals surface area contributed by atoms with Crippen LogP contribution in [0.3, 0.4) is 0 Å². The Morgan fingerprint density at radius 3 is 2.60 bits per heavy atom. The van der Waals surface area contributed by atoms with Crippen molar-refractivity contribution >= 4 is 12.4 Å². The highest BCUT2D eigenvalue weighted by Crippen LogP contribution is 2.29. The fourth-order valence-electron chi connectivity index (χ4n) is 2.51. The highest BCUT2D eigenvalue weighted by molar-refractivity contribution is 5.85. The summed E-state index contributed by atoms with van der Waals surface area (Å²) in [7, 11) is 1.66. The lowest BCUT2D eigenvalue weighted by Gasteiger charge is -2.22. The molecule has 0 saturated carbocycles. The summed E-state index contributed by atoms with van der Waals surface area (Å²) in [4.78, 5) is 2.42. The first-order chi connectivity index (χ1) is 9.17. The van der Waals surface area contributed by atoms with Crippen LogP contribution in [0.4, 0.5) is 0 Å². The van der Waals surface area contributed by atoms with Gasteiger partial charge in [-0.05, 0) is 37.1 Å². The van der Waals surface area contributed by atoms with Gasteiger partial charge >= 0.3 is 0 Å². The zero-order valence-corrected chi connectivity index (χ0v) is 13.1. The molecular formula is C15H25ClN2O2. The molecule has 1 fully saturated rings. The summed E-state index contributed by atoms with van der Waals surface area (Å²) in [6.45, 7) is 6.82. The van der Waals surface area contributed by atoms with Crippen molar-refractivity contribution in [2.45, 2.75) is 13.3 Å². The number of benzene rings is 1. The zero-order valence-electron chi connectivity index (χ0n) is 12.3. The molecular weight excluding hydrogens is 276 g/mol. The van der Waals surface area contributed by atoms with E-state index in [1.807, 2.05) is 24.3 Å². The van der Waals surface area contributed by atoms with Crippen LogP contribution in [0.5, 0.6) is 11.5 Å². The summed E-state index contributed by atoms with van der Waals surface area (Å²) in [5.41, 5.74) is 6.10. The summed E-state index contributed by atoms with van der Waals surface area (Å²) >= 11 is 0. The quantitative estimate of drug-likeness (QED) is 0.875. The summed E-state index contributed by atoms with van der Waals surface area (Å²) in [6, 6.07) is 7.75. The van der Waals surface area contributed by atoms with Crippen molar-refractivity contribution in [1.29, 1.82) is 0 Å². The van der Waals surface area contributed by atoms with Gasteiger partial charge in [-0.2, -0.15) is 0 Å². The summed E-state index contributed by atoms with van der Waals surface area (Å²) in [5, 5.41) is 0. The van der Waals surface area contributed by atoms with Crippen LogP contribution in [0.15, 0.2) is 24.3 Å². The Balaban J connectivity index is 0.00000200. The maximum atomic E-state index is 5.81. The number of halogens is 1. The predicted molar refractivity (Wildman–Crippen MR) is 84.0 cm³/mol. The maximum absolute atomic E-state index is 5.81. The molecule has 1 heterocycles. The van der Waals surface area contributed by atoms with Gasteiger partial charge in [0.05, 0.1) is 7.11 Å². The van der Waals surface area contributed by atoms with Crippen molar-refractivity contribution in [3.05, 3.63) is 24.3 Å². The lowest BCUT2D eigenvalue weighted by molar-refractivity contribution is 0.214. The fourth-order valence-corrected chi connectivity index (χ4v) is 2.51. The first-order valence-electron chi connectivity index (χ1n) is 6.85. The Hall–Kier alpha value is -0.970. The number of nitrogens with two attached hydrogens (primary N) is 1. The molecule has 2 rings (SSSR count). The molecule has 0 aromatic heterocycles. The minimum absolute atomic E-state index is 0. The van der Waals surface area contributed by atoms with Crippen LogP contribution in [0, 0.1) is 5.41 Å². The second kappa shape index (κ2) is 7.72. The van der Waals surface area contributed by atoms with Crippen molar-refractivity contribution in [3.8, 4) is 11.5 Å². The molecule has 0 bridgehead atoms. The van der Waals surface area contributed by atoms with Crippen molar-refractivity contribution < 1.29 is 9.47 Å². The average Bonchev–Trinajstić information content (AvgIpc) is 2.82. The van der Waals surface area contributed by atoms with Crippen molar-refractivity contribution in [2.75, 3.05) is 39.9 Å². The smallest absolute Gasteiger partial charge is 0.161 e. The van der Waals surface area contributed by atoms with Crippen molar-refractivity contribution in [2.24, 2.45) is 11.1 Å². The minimum atomic E-state index is 0. The Kier molecular flexibility index (Phi) is 6.59. The number of likely N-dealkylation sites (tertiary alicyclic amines) is 1. The van der Waals surface area contributed by atoms with Crippen LogP contribution >= 0.6 is 12.4 Å². The standard InChI is InChI=1S/C15H24N2O2.ClH/c1-15(11-16)7-8-17(12-15)9-10-19-14-6-4-3-5-13(14)18-2;/h3-6H,7-12,16H2,1-2H3;1H. The molecule has 0 spiro atoms. The molecule has 1 aliphatic rings. The second-order valence-electron chi connectivity index (χ2n) is 5.54. The van der Waals surface area contributed by atoms with Crippen molar-refractivity contribution in [1.82, 2.24) is 4.90 Å². The van der Waals surface area contributed by atoms with E-state index in [1.54, 1.807) is 7.11 Å². The molecule has 20 heavy (non-hydrogen) atoms. The topological polar surface area (TPSA) is 47.7 Å². The summed E-state index contributed by atoms with van der Waals surface area (Å²) < 4.78 is 11.1. The normalized spacial score (nSPS) is 22.4. The largest absolute Gasteiger partial charge is 0.493 e. The van der Waals surface area contributed by atoms with Gasteiger partial charge in [0, 0.05) is 13.1 Å². The van der Waals surface area contributed by atoms with E-state index in [0.717, 1.165) is 37.7 Å². The molecule has 1 aromatic rings. The van der Waals surface area contributed by atoms with Gasteiger partial charge in [0.1, 0.15) is 6.61 Å². The number of methoxy groups -OCH3 is 1. The molecule has 1 unspecified atom stereocenters. The van der Waals surface area contributed by atoms with E-state index in [2.05, 4.69) is 11.8 Å². The summed E-state index contributed by atoms with van der Waals surface area (Å²) in [5.74, 6) is 1.60. The molecule has 1 saturated heterocycles. The number of nitrogens with zero attached hydrogens (tertiary/aromatic N) is 1. The van der Waals surface area contributed by atoms with Crippen LogP contribution in [0.25, 0.3) is 0 Å². The van der Waals surface area contributed by atoms with Gasteiger partial charge in [0.2, 0.25) is 0 Å². The van der Waals surface area contributed by atoms with Gasteiger partial charge in [-0.25, -0.2) is 0 Å².